The van der Waals surface area contributed by atoms with Crippen LogP contribution in [0.5, 0.6) is 5.75 Å². The fourth-order valence-electron chi connectivity index (χ4n) is 2.90. The maximum Gasteiger partial charge on any atom is 0.231 e. The van der Waals surface area contributed by atoms with Crippen molar-refractivity contribution in [1.29, 1.82) is 0 Å². The van der Waals surface area contributed by atoms with Crippen LogP contribution in [0, 0.1) is 6.92 Å². The van der Waals surface area contributed by atoms with Crippen LogP contribution >= 0.6 is 0 Å². The number of amides is 1. The van der Waals surface area contributed by atoms with Gasteiger partial charge in [0.25, 0.3) is 0 Å². The molecule has 0 unspecified atom stereocenters. The van der Waals surface area contributed by atoms with Crippen LogP contribution in [0.25, 0.3) is 0 Å². The van der Waals surface area contributed by atoms with E-state index in [0.717, 1.165) is 30.0 Å². The maximum absolute atomic E-state index is 12.6. The van der Waals surface area contributed by atoms with Crippen LogP contribution in [0.2, 0.25) is 0 Å². The van der Waals surface area contributed by atoms with E-state index in [2.05, 4.69) is 25.1 Å². The van der Waals surface area contributed by atoms with E-state index in [4.69, 9.17) is 4.74 Å². The topological polar surface area (TPSA) is 29.5 Å². The van der Waals surface area contributed by atoms with Crippen LogP contribution in [0.3, 0.4) is 0 Å². The average Bonchev–Trinajstić information content (AvgIpc) is 2.90. The number of hydrogen-bond donors (Lipinski definition) is 0. The number of fused-ring (bicyclic) bond motifs is 1. The van der Waals surface area contributed by atoms with Crippen molar-refractivity contribution in [3.05, 3.63) is 59.2 Å². The largest absolute Gasteiger partial charge is 0.496 e. The summed E-state index contributed by atoms with van der Waals surface area (Å²) in [5, 5.41) is 0. The number of benzene rings is 2. The summed E-state index contributed by atoms with van der Waals surface area (Å²) >= 11 is 0. The first-order chi connectivity index (χ1) is 10.2. The van der Waals surface area contributed by atoms with Crippen molar-refractivity contribution in [2.24, 2.45) is 0 Å². The van der Waals surface area contributed by atoms with Gasteiger partial charge in [0.2, 0.25) is 5.91 Å². The van der Waals surface area contributed by atoms with E-state index in [1.807, 2.05) is 29.2 Å². The smallest absolute Gasteiger partial charge is 0.231 e. The molecule has 0 fully saturated rings. The molecule has 0 saturated carbocycles. The number of carbonyl (C=O) groups is 1. The van der Waals surface area contributed by atoms with Gasteiger partial charge in [0.15, 0.2) is 0 Å². The van der Waals surface area contributed by atoms with Crippen molar-refractivity contribution in [2.75, 3.05) is 18.6 Å². The minimum absolute atomic E-state index is 0.127. The zero-order valence-corrected chi connectivity index (χ0v) is 12.4. The van der Waals surface area contributed by atoms with Crippen LogP contribution in [0.1, 0.15) is 16.7 Å². The number of methoxy groups -OCH3 is 1. The van der Waals surface area contributed by atoms with E-state index >= 15 is 0 Å². The minimum Gasteiger partial charge on any atom is -0.496 e. The highest BCUT2D eigenvalue weighted by atomic mass is 16.5. The molecule has 0 radical (unpaired) electrons. The Morgan fingerprint density at radius 2 is 2.05 bits per heavy atom. The van der Waals surface area contributed by atoms with Gasteiger partial charge >= 0.3 is 0 Å². The zero-order valence-electron chi connectivity index (χ0n) is 12.4. The number of ether oxygens (including phenoxy) is 1. The van der Waals surface area contributed by atoms with Gasteiger partial charge in [-0.15, -0.1) is 0 Å². The van der Waals surface area contributed by atoms with Crippen molar-refractivity contribution in [2.45, 2.75) is 19.8 Å². The van der Waals surface area contributed by atoms with Gasteiger partial charge in [-0.25, -0.2) is 0 Å². The van der Waals surface area contributed by atoms with Gasteiger partial charge in [-0.05, 0) is 31.0 Å². The third kappa shape index (κ3) is 2.64. The lowest BCUT2D eigenvalue weighted by atomic mass is 10.1. The Bertz CT molecular complexity index is 679. The van der Waals surface area contributed by atoms with Crippen molar-refractivity contribution < 1.29 is 9.53 Å². The van der Waals surface area contributed by atoms with E-state index in [0.29, 0.717) is 6.42 Å². The number of rotatable bonds is 3. The lowest BCUT2D eigenvalue weighted by Gasteiger charge is -2.18. The fraction of sp³-hybridized carbons (Fsp3) is 0.278. The number of anilines is 1. The molecule has 3 nitrogen and oxygen atoms in total. The third-order valence-electron chi connectivity index (χ3n) is 3.97. The van der Waals surface area contributed by atoms with E-state index in [1.54, 1.807) is 7.11 Å². The van der Waals surface area contributed by atoms with Gasteiger partial charge in [0.1, 0.15) is 5.75 Å². The minimum atomic E-state index is 0.127. The Morgan fingerprint density at radius 1 is 1.24 bits per heavy atom. The lowest BCUT2D eigenvalue weighted by molar-refractivity contribution is -0.117. The molecular formula is C18H19NO2. The monoisotopic (exact) mass is 281 g/mol. The molecule has 0 atom stereocenters. The Hall–Kier alpha value is -2.29. The first kappa shape index (κ1) is 13.7. The van der Waals surface area contributed by atoms with Crippen LogP contribution in [0.4, 0.5) is 5.69 Å². The highest BCUT2D eigenvalue weighted by Crippen LogP contribution is 2.30. The highest BCUT2D eigenvalue weighted by molar-refractivity contribution is 5.97. The van der Waals surface area contributed by atoms with Gasteiger partial charge in [-0.3, -0.25) is 4.79 Å². The summed E-state index contributed by atoms with van der Waals surface area (Å²) in [6.07, 6.45) is 1.31. The second-order valence-electron chi connectivity index (χ2n) is 5.42. The highest BCUT2D eigenvalue weighted by Gasteiger charge is 2.25. The van der Waals surface area contributed by atoms with Crippen LogP contribution in [-0.2, 0) is 17.6 Å². The molecule has 1 amide bonds. The SMILES string of the molecule is COc1ccccc1CC(=O)N1CCc2cc(C)ccc21. The van der Waals surface area contributed by atoms with Crippen molar-refractivity contribution in [3.63, 3.8) is 0 Å². The molecule has 21 heavy (non-hydrogen) atoms. The van der Waals surface area contributed by atoms with Crippen LogP contribution in [-0.4, -0.2) is 19.6 Å². The first-order valence-electron chi connectivity index (χ1n) is 7.21. The molecule has 1 aliphatic heterocycles. The molecule has 0 aromatic heterocycles. The molecule has 0 aliphatic carbocycles. The predicted molar refractivity (Wildman–Crippen MR) is 83.9 cm³/mol. The molecule has 0 bridgehead atoms. The normalized spacial score (nSPS) is 13.1. The lowest BCUT2D eigenvalue weighted by Crippen LogP contribution is -2.30. The predicted octanol–water partition coefficient (Wildman–Crippen LogP) is 3.14. The zero-order chi connectivity index (χ0) is 14.8. The van der Waals surface area contributed by atoms with Gasteiger partial charge in [0, 0.05) is 17.8 Å². The third-order valence-corrected chi connectivity index (χ3v) is 3.97. The Balaban J connectivity index is 1.82. The number of carbonyl (C=O) groups excluding carboxylic acids is 1. The van der Waals surface area contributed by atoms with Gasteiger partial charge < -0.3 is 9.64 Å². The molecule has 108 valence electrons. The summed E-state index contributed by atoms with van der Waals surface area (Å²) in [6.45, 7) is 2.85. The number of aryl methyl sites for hydroxylation is 1. The molecule has 1 aliphatic rings. The molecule has 0 spiro atoms. The van der Waals surface area contributed by atoms with Crippen LogP contribution < -0.4 is 9.64 Å². The molecule has 0 saturated heterocycles. The molecule has 3 rings (SSSR count). The van der Waals surface area contributed by atoms with Gasteiger partial charge in [-0.2, -0.15) is 0 Å². The number of nitrogens with zero attached hydrogens (tertiary/aromatic N) is 1. The Kier molecular flexibility index (Phi) is 3.65. The summed E-state index contributed by atoms with van der Waals surface area (Å²) in [5.74, 6) is 0.899. The summed E-state index contributed by atoms with van der Waals surface area (Å²) in [6, 6.07) is 14.0. The summed E-state index contributed by atoms with van der Waals surface area (Å²) in [5.41, 5.74) is 4.50. The first-order valence-corrected chi connectivity index (χ1v) is 7.21. The fourth-order valence-corrected chi connectivity index (χ4v) is 2.90. The Labute approximate surface area is 125 Å². The van der Waals surface area contributed by atoms with E-state index in [-0.39, 0.29) is 5.91 Å². The number of para-hydroxylation sites is 1. The van der Waals surface area contributed by atoms with E-state index in [9.17, 15) is 4.79 Å². The quantitative estimate of drug-likeness (QED) is 0.865. The molecule has 2 aromatic rings. The standard InChI is InChI=1S/C18H19NO2/c1-13-7-8-16-14(11-13)9-10-19(16)18(20)12-15-5-3-4-6-17(15)21-2/h3-8,11H,9-10,12H2,1-2H3. The van der Waals surface area contributed by atoms with E-state index in [1.165, 1.54) is 11.1 Å². The Morgan fingerprint density at radius 3 is 2.86 bits per heavy atom. The average molecular weight is 281 g/mol. The molecule has 2 aromatic carbocycles. The summed E-state index contributed by atoms with van der Waals surface area (Å²) < 4.78 is 5.32. The summed E-state index contributed by atoms with van der Waals surface area (Å²) in [4.78, 5) is 14.5. The summed E-state index contributed by atoms with van der Waals surface area (Å²) in [7, 11) is 1.64. The van der Waals surface area contributed by atoms with Crippen molar-refractivity contribution in [1.82, 2.24) is 0 Å². The molecule has 0 N–H and O–H groups in total. The van der Waals surface area contributed by atoms with Crippen molar-refractivity contribution >= 4 is 11.6 Å². The second kappa shape index (κ2) is 5.60. The maximum atomic E-state index is 12.6. The second-order valence-corrected chi connectivity index (χ2v) is 5.42. The van der Waals surface area contributed by atoms with Crippen molar-refractivity contribution in [3.8, 4) is 5.75 Å². The molecular weight excluding hydrogens is 262 g/mol. The molecule has 1 heterocycles. The number of hydrogen-bond acceptors (Lipinski definition) is 2. The van der Waals surface area contributed by atoms with E-state index < -0.39 is 0 Å². The van der Waals surface area contributed by atoms with Gasteiger partial charge in [0.05, 0.1) is 13.5 Å². The van der Waals surface area contributed by atoms with Gasteiger partial charge in [-0.1, -0.05) is 35.9 Å². The van der Waals surface area contributed by atoms with Crippen LogP contribution in [0.15, 0.2) is 42.5 Å². The molecule has 3 heteroatoms.